The second-order valence-electron chi connectivity index (χ2n) is 4.88. The van der Waals surface area contributed by atoms with Crippen molar-refractivity contribution in [1.82, 2.24) is 0 Å². The number of nitrogens with one attached hydrogen (secondary N) is 1. The lowest BCUT2D eigenvalue weighted by molar-refractivity contribution is -0.144. The van der Waals surface area contributed by atoms with E-state index in [9.17, 15) is 4.79 Å². The summed E-state index contributed by atoms with van der Waals surface area (Å²) in [5.41, 5.74) is 1.67. The van der Waals surface area contributed by atoms with Gasteiger partial charge in [-0.25, -0.2) is 4.79 Å². The summed E-state index contributed by atoms with van der Waals surface area (Å²) in [5.74, 6) is -0.136. The number of fused-ring (bicyclic) bond motifs is 1. The van der Waals surface area contributed by atoms with Crippen LogP contribution < -0.4 is 14.8 Å². The van der Waals surface area contributed by atoms with Gasteiger partial charge in [-0.15, -0.1) is 0 Å². The van der Waals surface area contributed by atoms with E-state index in [0.29, 0.717) is 28.8 Å². The Morgan fingerprint density at radius 1 is 1.36 bits per heavy atom. The molecule has 6 heteroatoms. The first-order valence-electron chi connectivity index (χ1n) is 6.77. The minimum absolute atomic E-state index is 0.197. The molecule has 0 saturated carbocycles. The monoisotopic (exact) mass is 319 g/mol. The lowest BCUT2D eigenvalue weighted by atomic mass is 10.2. The first-order valence-corrected chi connectivity index (χ1v) is 7.15. The Kier molecular flexibility index (Phi) is 4.06. The maximum absolute atomic E-state index is 11.0. The van der Waals surface area contributed by atoms with Crippen molar-refractivity contribution in [3.63, 3.8) is 0 Å². The van der Waals surface area contributed by atoms with Crippen LogP contribution in [0, 0.1) is 0 Å². The quantitative estimate of drug-likeness (QED) is 0.906. The number of carbonyl (C=O) groups is 1. The molecule has 0 aliphatic carbocycles. The minimum atomic E-state index is -1.01. The van der Waals surface area contributed by atoms with Crippen LogP contribution in [0.4, 0.5) is 5.69 Å². The van der Waals surface area contributed by atoms with E-state index in [1.54, 1.807) is 12.1 Å². The highest BCUT2D eigenvalue weighted by Crippen LogP contribution is 2.38. The molecule has 2 aromatic rings. The highest BCUT2D eigenvalue weighted by atomic mass is 35.5. The summed E-state index contributed by atoms with van der Waals surface area (Å²) in [6, 6.07) is 13.0. The molecule has 2 N–H and O–H groups in total. The summed E-state index contributed by atoms with van der Waals surface area (Å²) in [5, 5.41) is 12.5. The van der Waals surface area contributed by atoms with Gasteiger partial charge >= 0.3 is 5.97 Å². The highest BCUT2D eigenvalue weighted by molar-refractivity contribution is 6.32. The third kappa shape index (κ3) is 3.09. The van der Waals surface area contributed by atoms with E-state index in [1.807, 2.05) is 30.3 Å². The van der Waals surface area contributed by atoms with Crippen LogP contribution in [0.25, 0.3) is 0 Å². The van der Waals surface area contributed by atoms with E-state index < -0.39 is 12.1 Å². The Bertz CT molecular complexity index is 690. The summed E-state index contributed by atoms with van der Waals surface area (Å²) in [7, 11) is 0. The van der Waals surface area contributed by atoms with Gasteiger partial charge in [0, 0.05) is 6.07 Å². The molecule has 0 radical (unpaired) electrons. The molecule has 0 saturated heterocycles. The van der Waals surface area contributed by atoms with Gasteiger partial charge in [-0.1, -0.05) is 41.9 Å². The fourth-order valence-corrected chi connectivity index (χ4v) is 2.37. The summed E-state index contributed by atoms with van der Waals surface area (Å²) < 4.78 is 11.1. The number of aliphatic carboxylic acids is 1. The molecule has 0 aromatic heterocycles. The van der Waals surface area contributed by atoms with Crippen molar-refractivity contribution in [2.45, 2.75) is 12.7 Å². The Hall–Kier alpha value is -2.40. The molecule has 5 nitrogen and oxygen atoms in total. The SMILES string of the molecule is O=C(O)C1CNc2cc(Cl)c(OCc3ccccc3)cc2O1. The molecule has 0 amide bonds. The first kappa shape index (κ1) is 14.5. The Morgan fingerprint density at radius 2 is 2.14 bits per heavy atom. The van der Waals surface area contributed by atoms with E-state index in [-0.39, 0.29) is 6.54 Å². The Labute approximate surface area is 132 Å². The number of carboxylic acid groups (broad SMARTS) is 1. The molecule has 1 unspecified atom stereocenters. The maximum Gasteiger partial charge on any atom is 0.346 e. The van der Waals surface area contributed by atoms with Gasteiger partial charge in [-0.2, -0.15) is 0 Å². The van der Waals surface area contributed by atoms with Crippen LogP contribution in [0.15, 0.2) is 42.5 Å². The fraction of sp³-hybridized carbons (Fsp3) is 0.188. The second kappa shape index (κ2) is 6.15. The minimum Gasteiger partial charge on any atom is -0.487 e. The van der Waals surface area contributed by atoms with Crippen molar-refractivity contribution in [2.75, 3.05) is 11.9 Å². The Morgan fingerprint density at radius 3 is 2.86 bits per heavy atom. The number of anilines is 1. The van der Waals surface area contributed by atoms with Crippen LogP contribution in [-0.4, -0.2) is 23.7 Å². The average Bonchev–Trinajstić information content (AvgIpc) is 2.53. The van der Waals surface area contributed by atoms with Gasteiger partial charge in [0.25, 0.3) is 0 Å². The van der Waals surface area contributed by atoms with Gasteiger partial charge in [0.05, 0.1) is 17.3 Å². The first-order chi connectivity index (χ1) is 10.6. The maximum atomic E-state index is 11.0. The van der Waals surface area contributed by atoms with Crippen molar-refractivity contribution >= 4 is 23.3 Å². The largest absolute Gasteiger partial charge is 0.487 e. The molecule has 0 spiro atoms. The number of halogens is 1. The summed E-state index contributed by atoms with van der Waals surface area (Å²) >= 11 is 6.19. The molecule has 0 fully saturated rings. The van der Waals surface area contributed by atoms with Gasteiger partial charge < -0.3 is 19.9 Å². The average molecular weight is 320 g/mol. The molecule has 1 heterocycles. The predicted molar refractivity (Wildman–Crippen MR) is 82.8 cm³/mol. The zero-order valence-electron chi connectivity index (χ0n) is 11.6. The number of hydrogen-bond donors (Lipinski definition) is 2. The van der Waals surface area contributed by atoms with Crippen molar-refractivity contribution in [2.24, 2.45) is 0 Å². The van der Waals surface area contributed by atoms with E-state index in [2.05, 4.69) is 5.32 Å². The predicted octanol–water partition coefficient (Wildman–Crippen LogP) is 3.18. The summed E-state index contributed by atoms with van der Waals surface area (Å²) in [6.07, 6.45) is -0.921. The molecule has 1 aliphatic heterocycles. The number of ether oxygens (including phenoxy) is 2. The zero-order chi connectivity index (χ0) is 15.5. The molecular weight excluding hydrogens is 306 g/mol. The molecule has 1 atom stereocenters. The van der Waals surface area contributed by atoms with E-state index in [4.69, 9.17) is 26.2 Å². The molecule has 0 bridgehead atoms. The standard InChI is InChI=1S/C16H14ClNO4/c17-11-6-12-14(22-15(8-18-12)16(19)20)7-13(11)21-9-10-4-2-1-3-5-10/h1-7,15,18H,8-9H2,(H,19,20). The van der Waals surface area contributed by atoms with Crippen molar-refractivity contribution in [1.29, 1.82) is 0 Å². The van der Waals surface area contributed by atoms with Crippen LogP contribution in [0.3, 0.4) is 0 Å². The summed E-state index contributed by atoms with van der Waals surface area (Å²) in [4.78, 5) is 11.0. The number of hydrogen-bond acceptors (Lipinski definition) is 4. The number of benzene rings is 2. The molecular formula is C16H14ClNO4. The van der Waals surface area contributed by atoms with Crippen LogP contribution in [0.5, 0.6) is 11.5 Å². The van der Waals surface area contributed by atoms with Crippen LogP contribution in [-0.2, 0) is 11.4 Å². The topological polar surface area (TPSA) is 67.8 Å². The second-order valence-corrected chi connectivity index (χ2v) is 5.29. The number of carboxylic acids is 1. The van der Waals surface area contributed by atoms with Crippen LogP contribution in [0.1, 0.15) is 5.56 Å². The smallest absolute Gasteiger partial charge is 0.346 e. The summed E-state index contributed by atoms with van der Waals surface area (Å²) in [6.45, 7) is 0.567. The van der Waals surface area contributed by atoms with Gasteiger partial charge in [0.2, 0.25) is 6.10 Å². The van der Waals surface area contributed by atoms with E-state index in [1.165, 1.54) is 0 Å². The normalized spacial score (nSPS) is 16.1. The fourth-order valence-electron chi connectivity index (χ4n) is 2.15. The van der Waals surface area contributed by atoms with Crippen molar-refractivity contribution in [3.05, 3.63) is 53.1 Å². The molecule has 1 aliphatic rings. The number of rotatable bonds is 4. The van der Waals surface area contributed by atoms with Gasteiger partial charge in [-0.3, -0.25) is 0 Å². The molecule has 114 valence electrons. The highest BCUT2D eigenvalue weighted by Gasteiger charge is 2.26. The van der Waals surface area contributed by atoms with Crippen molar-refractivity contribution in [3.8, 4) is 11.5 Å². The zero-order valence-corrected chi connectivity index (χ0v) is 12.3. The molecule has 22 heavy (non-hydrogen) atoms. The van der Waals surface area contributed by atoms with E-state index in [0.717, 1.165) is 5.56 Å². The van der Waals surface area contributed by atoms with E-state index >= 15 is 0 Å². The lowest BCUT2D eigenvalue weighted by Gasteiger charge is -2.25. The van der Waals surface area contributed by atoms with Gasteiger partial charge in [0.1, 0.15) is 18.1 Å². The third-order valence-electron chi connectivity index (χ3n) is 3.29. The van der Waals surface area contributed by atoms with Gasteiger partial charge in [0.15, 0.2) is 0 Å². The Balaban J connectivity index is 1.78. The molecule has 3 rings (SSSR count). The molecule has 2 aromatic carbocycles. The van der Waals surface area contributed by atoms with Crippen molar-refractivity contribution < 1.29 is 19.4 Å². The van der Waals surface area contributed by atoms with Gasteiger partial charge in [-0.05, 0) is 11.6 Å². The van der Waals surface area contributed by atoms with Crippen LogP contribution >= 0.6 is 11.6 Å². The lowest BCUT2D eigenvalue weighted by Crippen LogP contribution is -2.37. The third-order valence-corrected chi connectivity index (χ3v) is 3.59. The van der Waals surface area contributed by atoms with Crippen LogP contribution in [0.2, 0.25) is 5.02 Å².